The van der Waals surface area contributed by atoms with Gasteiger partial charge in [-0.05, 0) is 44.0 Å². The minimum Gasteiger partial charge on any atom is -0.397 e. The molecular weight excluding hydrogens is 236 g/mol. The summed E-state index contributed by atoms with van der Waals surface area (Å²) in [4.78, 5) is 2.51. The molecule has 0 bridgehead atoms. The van der Waals surface area contributed by atoms with Gasteiger partial charge >= 0.3 is 0 Å². The highest BCUT2D eigenvalue weighted by Gasteiger charge is 2.18. The summed E-state index contributed by atoms with van der Waals surface area (Å²) in [6.07, 6.45) is 3.53. The minimum absolute atomic E-state index is 0.489. The van der Waals surface area contributed by atoms with Crippen LogP contribution < -0.4 is 11.1 Å². The number of nitrogens with two attached hydrogens (primary N) is 1. The van der Waals surface area contributed by atoms with E-state index in [4.69, 9.17) is 11.0 Å². The van der Waals surface area contributed by atoms with Gasteiger partial charge in [0.1, 0.15) is 0 Å². The van der Waals surface area contributed by atoms with Crippen LogP contribution in [0, 0.1) is 11.3 Å². The number of piperidine rings is 1. The maximum atomic E-state index is 8.82. The molecule has 1 aliphatic heterocycles. The monoisotopic (exact) mass is 258 g/mol. The van der Waals surface area contributed by atoms with Gasteiger partial charge in [0.2, 0.25) is 0 Å². The molecule has 3 N–H and O–H groups in total. The maximum absolute atomic E-state index is 8.82. The van der Waals surface area contributed by atoms with Gasteiger partial charge < -0.3 is 16.0 Å². The molecule has 1 aromatic rings. The van der Waals surface area contributed by atoms with Gasteiger partial charge in [0.25, 0.3) is 0 Å². The van der Waals surface area contributed by atoms with Crippen LogP contribution in [0.15, 0.2) is 18.2 Å². The molecule has 1 aliphatic rings. The average molecular weight is 258 g/mol. The Labute approximate surface area is 115 Å². The Morgan fingerprint density at radius 3 is 2.74 bits per heavy atom. The maximum Gasteiger partial charge on any atom is 0.0992 e. The second-order valence-corrected chi connectivity index (χ2v) is 5.17. The second-order valence-electron chi connectivity index (χ2n) is 5.17. The fourth-order valence-corrected chi connectivity index (χ4v) is 2.60. The highest BCUT2D eigenvalue weighted by atomic mass is 15.1. The van der Waals surface area contributed by atoms with Crippen LogP contribution in [0.25, 0.3) is 0 Å². The number of hydrogen-bond donors (Lipinski definition) is 2. The van der Waals surface area contributed by atoms with Crippen molar-refractivity contribution >= 4 is 11.4 Å². The minimum atomic E-state index is 0.489. The Hall–Kier alpha value is -1.73. The molecule has 0 radical (unpaired) electrons. The molecular formula is C15H22N4. The Morgan fingerprint density at radius 1 is 1.42 bits per heavy atom. The topological polar surface area (TPSA) is 65.1 Å². The van der Waals surface area contributed by atoms with Gasteiger partial charge in [-0.1, -0.05) is 6.92 Å². The highest BCUT2D eigenvalue weighted by molar-refractivity contribution is 5.68. The summed E-state index contributed by atoms with van der Waals surface area (Å²) in [7, 11) is 0. The summed E-state index contributed by atoms with van der Waals surface area (Å²) in [6.45, 7) is 5.73. The molecule has 102 valence electrons. The molecule has 0 aromatic heterocycles. The number of hydrogen-bond acceptors (Lipinski definition) is 4. The fourth-order valence-electron chi connectivity index (χ4n) is 2.60. The summed E-state index contributed by atoms with van der Waals surface area (Å²) >= 11 is 0. The molecule has 0 saturated carbocycles. The van der Waals surface area contributed by atoms with Gasteiger partial charge in [-0.15, -0.1) is 0 Å². The first-order valence-electron chi connectivity index (χ1n) is 7.01. The first kappa shape index (κ1) is 13.7. The number of rotatable bonds is 4. The summed E-state index contributed by atoms with van der Waals surface area (Å²) in [5.74, 6) is 0. The van der Waals surface area contributed by atoms with Crippen molar-refractivity contribution in [2.45, 2.75) is 32.2 Å². The number of nitriles is 1. The lowest BCUT2D eigenvalue weighted by Gasteiger charge is -2.32. The van der Waals surface area contributed by atoms with Gasteiger partial charge in [-0.25, -0.2) is 0 Å². The Bertz CT molecular complexity index is 456. The summed E-state index contributed by atoms with van der Waals surface area (Å²) in [5, 5.41) is 12.3. The van der Waals surface area contributed by atoms with Crippen LogP contribution in [0.4, 0.5) is 11.4 Å². The van der Waals surface area contributed by atoms with Crippen LogP contribution in [0.1, 0.15) is 31.7 Å². The first-order chi connectivity index (χ1) is 9.22. The van der Waals surface area contributed by atoms with E-state index in [0.29, 0.717) is 17.3 Å². The zero-order valence-corrected chi connectivity index (χ0v) is 11.5. The lowest BCUT2D eigenvalue weighted by molar-refractivity contribution is 0.219. The summed E-state index contributed by atoms with van der Waals surface area (Å²) < 4.78 is 0. The molecule has 0 unspecified atom stereocenters. The van der Waals surface area contributed by atoms with E-state index in [1.165, 1.54) is 13.0 Å². The average Bonchev–Trinajstić information content (AvgIpc) is 2.43. The molecule has 4 heteroatoms. The van der Waals surface area contributed by atoms with Gasteiger partial charge in [0, 0.05) is 19.1 Å². The van der Waals surface area contributed by atoms with Crippen molar-refractivity contribution in [3.63, 3.8) is 0 Å². The van der Waals surface area contributed by atoms with Gasteiger partial charge in [0.15, 0.2) is 0 Å². The van der Waals surface area contributed by atoms with E-state index in [0.717, 1.165) is 31.6 Å². The standard InChI is InChI=1S/C15H22N4/c1-2-7-19-8-5-13(6-9-19)18-15-4-3-12(11-16)10-14(15)17/h3-4,10,13,18H,2,5-9,17H2,1H3. The van der Waals surface area contributed by atoms with Crippen molar-refractivity contribution in [2.75, 3.05) is 30.7 Å². The smallest absolute Gasteiger partial charge is 0.0992 e. The van der Waals surface area contributed by atoms with Crippen LogP contribution in [0.2, 0.25) is 0 Å². The van der Waals surface area contributed by atoms with E-state index in [-0.39, 0.29) is 0 Å². The fraction of sp³-hybridized carbons (Fsp3) is 0.533. The second kappa shape index (κ2) is 6.44. The number of nitrogens with zero attached hydrogens (tertiary/aromatic N) is 2. The molecule has 1 aromatic carbocycles. The SMILES string of the molecule is CCCN1CCC(Nc2ccc(C#N)cc2N)CC1. The molecule has 0 aliphatic carbocycles. The van der Waals surface area contributed by atoms with Crippen LogP contribution in [-0.2, 0) is 0 Å². The molecule has 4 nitrogen and oxygen atoms in total. The van der Waals surface area contributed by atoms with Crippen molar-refractivity contribution in [2.24, 2.45) is 0 Å². The Kier molecular flexibility index (Phi) is 4.64. The molecule has 2 rings (SSSR count). The lowest BCUT2D eigenvalue weighted by Crippen LogP contribution is -2.39. The number of nitrogens with one attached hydrogen (secondary N) is 1. The predicted octanol–water partition coefficient (Wildman–Crippen LogP) is 2.43. The van der Waals surface area contributed by atoms with E-state index < -0.39 is 0 Å². The third-order valence-corrected chi connectivity index (χ3v) is 3.67. The first-order valence-corrected chi connectivity index (χ1v) is 7.01. The van der Waals surface area contributed by atoms with Crippen LogP contribution in [0.3, 0.4) is 0 Å². The van der Waals surface area contributed by atoms with Crippen molar-refractivity contribution in [1.82, 2.24) is 4.90 Å². The molecule has 1 saturated heterocycles. The Morgan fingerprint density at radius 2 is 2.16 bits per heavy atom. The third kappa shape index (κ3) is 3.62. The summed E-state index contributed by atoms with van der Waals surface area (Å²) in [6, 6.07) is 8.04. The molecule has 19 heavy (non-hydrogen) atoms. The zero-order valence-electron chi connectivity index (χ0n) is 11.5. The molecule has 1 fully saturated rings. The van der Waals surface area contributed by atoms with E-state index in [1.807, 2.05) is 12.1 Å². The predicted molar refractivity (Wildman–Crippen MR) is 78.9 cm³/mol. The highest BCUT2D eigenvalue weighted by Crippen LogP contribution is 2.23. The number of benzene rings is 1. The van der Waals surface area contributed by atoms with E-state index >= 15 is 0 Å². The van der Waals surface area contributed by atoms with Crippen molar-refractivity contribution in [1.29, 1.82) is 5.26 Å². The van der Waals surface area contributed by atoms with E-state index in [1.54, 1.807) is 6.07 Å². The van der Waals surface area contributed by atoms with Gasteiger partial charge in [-0.3, -0.25) is 0 Å². The van der Waals surface area contributed by atoms with E-state index in [9.17, 15) is 0 Å². The third-order valence-electron chi connectivity index (χ3n) is 3.67. The normalized spacial score (nSPS) is 17.1. The molecule has 0 amide bonds. The molecule has 0 atom stereocenters. The van der Waals surface area contributed by atoms with E-state index in [2.05, 4.69) is 23.2 Å². The van der Waals surface area contributed by atoms with Crippen molar-refractivity contribution < 1.29 is 0 Å². The summed E-state index contributed by atoms with van der Waals surface area (Å²) in [5.41, 5.74) is 8.19. The van der Waals surface area contributed by atoms with Gasteiger partial charge in [0.05, 0.1) is 23.0 Å². The van der Waals surface area contributed by atoms with Crippen molar-refractivity contribution in [3.05, 3.63) is 23.8 Å². The molecule has 0 spiro atoms. The largest absolute Gasteiger partial charge is 0.397 e. The van der Waals surface area contributed by atoms with Gasteiger partial charge in [-0.2, -0.15) is 5.26 Å². The van der Waals surface area contributed by atoms with Crippen molar-refractivity contribution in [3.8, 4) is 6.07 Å². The number of nitrogen functional groups attached to an aromatic ring is 1. The number of likely N-dealkylation sites (tertiary alicyclic amines) is 1. The van der Waals surface area contributed by atoms with Crippen LogP contribution in [0.5, 0.6) is 0 Å². The number of anilines is 2. The van der Waals surface area contributed by atoms with Crippen LogP contribution in [-0.4, -0.2) is 30.6 Å². The molecule has 1 heterocycles. The Balaban J connectivity index is 1.91. The zero-order chi connectivity index (χ0) is 13.7. The van der Waals surface area contributed by atoms with Crippen LogP contribution >= 0.6 is 0 Å². The lowest BCUT2D eigenvalue weighted by atomic mass is 10.0. The quantitative estimate of drug-likeness (QED) is 0.814.